The molecule has 5 rings (SSSR count). The minimum absolute atomic E-state index is 0.0622. The Morgan fingerprint density at radius 3 is 2.56 bits per heavy atom. The van der Waals surface area contributed by atoms with E-state index in [2.05, 4.69) is 21.4 Å². The number of likely N-dealkylation sites (tertiary alicyclic amines) is 1. The van der Waals surface area contributed by atoms with Gasteiger partial charge in [-0.3, -0.25) is 9.98 Å². The molecule has 0 unspecified atom stereocenters. The lowest BCUT2D eigenvalue weighted by atomic mass is 9.89. The van der Waals surface area contributed by atoms with Gasteiger partial charge in [0.05, 0.1) is 30.8 Å². The second-order valence-electron chi connectivity index (χ2n) is 9.68. The average Bonchev–Trinajstić information content (AvgIpc) is 3.43. The van der Waals surface area contributed by atoms with Crippen LogP contribution in [0, 0.1) is 5.92 Å². The Kier molecular flexibility index (Phi) is 8.07. The van der Waals surface area contributed by atoms with Crippen LogP contribution < -0.4 is 10.5 Å². The zero-order chi connectivity index (χ0) is 29.1. The molecule has 0 radical (unpaired) electrons. The summed E-state index contributed by atoms with van der Waals surface area (Å²) >= 11 is 0. The van der Waals surface area contributed by atoms with Crippen molar-refractivity contribution < 1.29 is 22.3 Å². The third-order valence-electron chi connectivity index (χ3n) is 7.24. The molecule has 8 nitrogen and oxygen atoms in total. The summed E-state index contributed by atoms with van der Waals surface area (Å²) in [6.07, 6.45) is -1.07. The summed E-state index contributed by atoms with van der Waals surface area (Å²) in [5.74, 6) is 1.15. The maximum Gasteiger partial charge on any atom is 0.433 e. The second kappa shape index (κ2) is 11.7. The number of rotatable bonds is 8. The van der Waals surface area contributed by atoms with Gasteiger partial charge in [0.25, 0.3) is 0 Å². The van der Waals surface area contributed by atoms with E-state index < -0.39 is 11.9 Å². The highest BCUT2D eigenvalue weighted by atomic mass is 19.4. The Hall–Kier alpha value is -4.25. The second-order valence-corrected chi connectivity index (χ2v) is 9.68. The fourth-order valence-corrected chi connectivity index (χ4v) is 5.21. The number of oxazole rings is 1. The molecule has 2 N–H and O–H groups in total. The van der Waals surface area contributed by atoms with Crippen LogP contribution in [0.15, 0.2) is 64.6 Å². The summed E-state index contributed by atoms with van der Waals surface area (Å²) in [5, 5.41) is 0.414. The van der Waals surface area contributed by atoms with Crippen LogP contribution in [-0.2, 0) is 12.7 Å². The van der Waals surface area contributed by atoms with Gasteiger partial charge in [-0.1, -0.05) is 12.6 Å². The number of alkyl halides is 3. The lowest BCUT2D eigenvalue weighted by Gasteiger charge is -2.34. The number of aliphatic imine (C=N–C) groups is 1. The summed E-state index contributed by atoms with van der Waals surface area (Å²) in [5.41, 5.74) is 8.69. The van der Waals surface area contributed by atoms with Gasteiger partial charge in [-0.2, -0.15) is 13.2 Å². The van der Waals surface area contributed by atoms with E-state index in [4.69, 9.17) is 24.9 Å². The van der Waals surface area contributed by atoms with E-state index in [1.165, 1.54) is 13.2 Å². The van der Waals surface area contributed by atoms with Gasteiger partial charge in [-0.05, 0) is 56.2 Å². The van der Waals surface area contributed by atoms with E-state index in [-0.39, 0.29) is 29.6 Å². The van der Waals surface area contributed by atoms with Crippen LogP contribution in [0.1, 0.15) is 42.6 Å². The van der Waals surface area contributed by atoms with Crippen molar-refractivity contribution in [1.82, 2.24) is 19.9 Å². The minimum Gasteiger partial charge on any atom is -0.494 e. The van der Waals surface area contributed by atoms with E-state index in [0.717, 1.165) is 43.4 Å². The number of piperidine rings is 1. The summed E-state index contributed by atoms with van der Waals surface area (Å²) in [4.78, 5) is 20.0. The molecule has 214 valence electrons. The van der Waals surface area contributed by atoms with Crippen LogP contribution in [0.2, 0.25) is 0 Å². The molecular weight excluding hydrogens is 533 g/mol. The van der Waals surface area contributed by atoms with Gasteiger partial charge < -0.3 is 19.8 Å². The number of aromatic nitrogens is 3. The molecule has 3 aromatic heterocycles. The number of halogens is 3. The molecule has 1 aliphatic rings. The van der Waals surface area contributed by atoms with Gasteiger partial charge in [-0.25, -0.2) is 9.97 Å². The zero-order valence-corrected chi connectivity index (χ0v) is 22.9. The van der Waals surface area contributed by atoms with Crippen molar-refractivity contribution >= 4 is 22.3 Å². The van der Waals surface area contributed by atoms with Crippen molar-refractivity contribution in [2.24, 2.45) is 16.6 Å². The number of fused-ring (bicyclic) bond motifs is 1. The zero-order valence-electron chi connectivity index (χ0n) is 22.9. The third kappa shape index (κ3) is 5.67. The van der Waals surface area contributed by atoms with Gasteiger partial charge in [0.1, 0.15) is 28.4 Å². The number of nitrogens with two attached hydrogens (primary N) is 1. The number of pyridine rings is 2. The molecule has 0 aliphatic carbocycles. The molecular formula is C30H31F3N6O2. The number of methoxy groups -OCH3 is 1. The Morgan fingerprint density at radius 1 is 1.15 bits per heavy atom. The number of nitrogens with zero attached hydrogens (tertiary/aromatic N) is 5. The summed E-state index contributed by atoms with van der Waals surface area (Å²) < 4.78 is 51.4. The Balaban J connectivity index is 1.41. The first-order valence-electron chi connectivity index (χ1n) is 13.4. The van der Waals surface area contributed by atoms with E-state index in [9.17, 15) is 13.2 Å². The number of ether oxygens (including phenoxy) is 1. The van der Waals surface area contributed by atoms with Gasteiger partial charge >= 0.3 is 6.18 Å². The predicted octanol–water partition coefficient (Wildman–Crippen LogP) is 5.96. The smallest absolute Gasteiger partial charge is 0.433 e. The first-order valence-corrected chi connectivity index (χ1v) is 13.4. The standard InChI is InChI=1S/C30H31F3N6O2/c1-4-35-27(22-7-5-6-14-36-22)19-12-15-39(16-13-19)18(2)26-24(17-34)41-29(38-26)21-8-10-23(40-3)28-20(21)9-11-25(37-28)30(31,32)33/h5-11,14,19H,2,4,12-13,15-17,34H2,1,3H3. The molecule has 0 amide bonds. The van der Waals surface area contributed by atoms with Crippen LogP contribution in [-0.4, -0.2) is 52.3 Å². The predicted molar refractivity (Wildman–Crippen MR) is 151 cm³/mol. The maximum atomic E-state index is 13.4. The van der Waals surface area contributed by atoms with Gasteiger partial charge in [-0.15, -0.1) is 0 Å². The Labute approximate surface area is 235 Å². The van der Waals surface area contributed by atoms with E-state index in [1.54, 1.807) is 18.3 Å². The SMILES string of the molecule is C=C(c1nc(-c2ccc(OC)c3nc(C(F)(F)F)ccc23)oc1CN)N1CCC(C(=NCC)c2ccccn2)CC1. The van der Waals surface area contributed by atoms with Crippen molar-refractivity contribution in [1.29, 1.82) is 0 Å². The van der Waals surface area contributed by atoms with Gasteiger partial charge in [0, 0.05) is 42.7 Å². The van der Waals surface area contributed by atoms with E-state index in [1.807, 2.05) is 25.1 Å². The van der Waals surface area contributed by atoms with Crippen LogP contribution in [0.5, 0.6) is 5.75 Å². The van der Waals surface area contributed by atoms with Crippen molar-refractivity contribution in [2.75, 3.05) is 26.7 Å². The minimum atomic E-state index is -4.59. The van der Waals surface area contributed by atoms with E-state index >= 15 is 0 Å². The molecule has 41 heavy (non-hydrogen) atoms. The Bertz CT molecular complexity index is 1570. The molecule has 1 aliphatic heterocycles. The first kappa shape index (κ1) is 28.3. The molecule has 0 spiro atoms. The van der Waals surface area contributed by atoms with Crippen LogP contribution in [0.4, 0.5) is 13.2 Å². The van der Waals surface area contributed by atoms with Crippen molar-refractivity contribution in [3.63, 3.8) is 0 Å². The quantitative estimate of drug-likeness (QED) is 0.263. The molecule has 11 heteroatoms. The average molecular weight is 565 g/mol. The van der Waals surface area contributed by atoms with Crippen LogP contribution >= 0.6 is 0 Å². The summed E-state index contributed by atoms with van der Waals surface area (Å²) in [6.45, 7) is 8.57. The van der Waals surface area contributed by atoms with Crippen LogP contribution in [0.3, 0.4) is 0 Å². The normalized spacial score (nSPS) is 15.0. The van der Waals surface area contributed by atoms with E-state index in [0.29, 0.717) is 34.6 Å². The maximum absolute atomic E-state index is 13.4. The fourth-order valence-electron chi connectivity index (χ4n) is 5.21. The molecule has 4 heterocycles. The van der Waals surface area contributed by atoms with Crippen LogP contribution in [0.25, 0.3) is 28.1 Å². The van der Waals surface area contributed by atoms with Crippen molar-refractivity contribution in [2.45, 2.75) is 32.5 Å². The number of benzene rings is 1. The molecule has 1 fully saturated rings. The van der Waals surface area contributed by atoms with Gasteiger partial charge in [0.2, 0.25) is 5.89 Å². The highest BCUT2D eigenvalue weighted by Gasteiger charge is 2.33. The Morgan fingerprint density at radius 2 is 1.93 bits per heavy atom. The lowest BCUT2D eigenvalue weighted by Crippen LogP contribution is -2.36. The summed E-state index contributed by atoms with van der Waals surface area (Å²) in [6, 6.07) is 11.4. The third-order valence-corrected chi connectivity index (χ3v) is 7.24. The number of hydrogen-bond donors (Lipinski definition) is 1. The topological polar surface area (TPSA) is 103 Å². The molecule has 4 aromatic rings. The molecule has 1 aromatic carbocycles. The lowest BCUT2D eigenvalue weighted by molar-refractivity contribution is -0.140. The monoisotopic (exact) mass is 564 g/mol. The summed E-state index contributed by atoms with van der Waals surface area (Å²) in [7, 11) is 1.38. The molecule has 0 saturated carbocycles. The highest BCUT2D eigenvalue weighted by molar-refractivity contribution is 6.00. The highest BCUT2D eigenvalue weighted by Crippen LogP contribution is 2.38. The van der Waals surface area contributed by atoms with Crippen molar-refractivity contribution in [3.8, 4) is 17.2 Å². The fraction of sp³-hybridized carbons (Fsp3) is 0.333. The molecule has 0 bridgehead atoms. The number of hydrogen-bond acceptors (Lipinski definition) is 8. The molecule has 1 saturated heterocycles. The first-order chi connectivity index (χ1) is 19.7. The van der Waals surface area contributed by atoms with Gasteiger partial charge in [0.15, 0.2) is 0 Å². The largest absolute Gasteiger partial charge is 0.494 e. The van der Waals surface area contributed by atoms with Crippen molar-refractivity contribution in [3.05, 3.63) is 78.1 Å². The molecule has 0 atom stereocenters.